The molecule has 4 heterocycles. The van der Waals surface area contributed by atoms with Crippen LogP contribution in [0.15, 0.2) is 0 Å². The Hall–Kier alpha value is -1.05. The maximum atomic E-state index is 12.3. The molecule has 0 amide bonds. The first-order valence-corrected chi connectivity index (χ1v) is 9.34. The molecule has 1 unspecified atom stereocenters. The molecule has 0 aromatic carbocycles. The number of aromatic nitrogens is 2. The van der Waals surface area contributed by atoms with E-state index in [-0.39, 0.29) is 5.97 Å². The number of ether oxygens (including phenoxy) is 1. The van der Waals surface area contributed by atoms with Crippen LogP contribution in [0.2, 0.25) is 0 Å². The Morgan fingerprint density at radius 1 is 1.39 bits per heavy atom. The van der Waals surface area contributed by atoms with Crippen LogP contribution in [-0.4, -0.2) is 52.8 Å². The molecule has 4 fully saturated rings. The Bertz CT molecular complexity index is 593. The number of esters is 1. The van der Waals surface area contributed by atoms with Gasteiger partial charge in [-0.1, -0.05) is 11.3 Å². The molecule has 7 heteroatoms. The van der Waals surface area contributed by atoms with Gasteiger partial charge in [-0.05, 0) is 51.6 Å². The number of rotatable bonds is 4. The molecule has 0 radical (unpaired) electrons. The van der Waals surface area contributed by atoms with Crippen molar-refractivity contribution in [2.24, 2.45) is 5.92 Å². The fourth-order valence-corrected chi connectivity index (χ4v) is 5.52. The van der Waals surface area contributed by atoms with E-state index in [2.05, 4.69) is 27.3 Å². The third kappa shape index (κ3) is 2.40. The Morgan fingerprint density at radius 2 is 2.13 bits per heavy atom. The monoisotopic (exact) mass is 336 g/mol. The first-order valence-electron chi connectivity index (χ1n) is 8.52. The predicted molar refractivity (Wildman–Crippen MR) is 87.2 cm³/mol. The van der Waals surface area contributed by atoms with Gasteiger partial charge >= 0.3 is 5.97 Å². The zero-order valence-corrected chi connectivity index (χ0v) is 14.6. The topological polar surface area (TPSA) is 67.3 Å². The Balaban J connectivity index is 1.49. The van der Waals surface area contributed by atoms with Crippen LogP contribution in [0.1, 0.15) is 48.5 Å². The van der Waals surface area contributed by atoms with Gasteiger partial charge in [0.1, 0.15) is 15.6 Å². The summed E-state index contributed by atoms with van der Waals surface area (Å²) in [6.45, 7) is 5.07. The molecule has 1 saturated carbocycles. The Kier molecular flexibility index (Phi) is 3.90. The lowest BCUT2D eigenvalue weighted by Crippen LogP contribution is -2.53. The predicted octanol–water partition coefficient (Wildman–Crippen LogP) is 1.53. The summed E-state index contributed by atoms with van der Waals surface area (Å²) in [6.07, 6.45) is 4.15. The maximum absolute atomic E-state index is 12.3. The summed E-state index contributed by atoms with van der Waals surface area (Å²) >= 11 is 1.72. The summed E-state index contributed by atoms with van der Waals surface area (Å²) in [7, 11) is 1.49. The molecule has 4 aliphatic rings. The van der Waals surface area contributed by atoms with Gasteiger partial charge in [0, 0.05) is 12.0 Å². The molecular formula is C16H24N4O2S. The average molecular weight is 336 g/mol. The van der Waals surface area contributed by atoms with E-state index in [4.69, 9.17) is 4.74 Å². The van der Waals surface area contributed by atoms with E-state index in [1.165, 1.54) is 7.11 Å². The summed E-state index contributed by atoms with van der Waals surface area (Å²) in [6, 6.07) is 0.417. The van der Waals surface area contributed by atoms with Crippen LogP contribution in [-0.2, 0) is 16.1 Å². The second-order valence-corrected chi connectivity index (χ2v) is 8.21. The number of carbonyl (C=O) groups is 1. The molecule has 126 valence electrons. The molecule has 1 aliphatic carbocycles. The fourth-order valence-electron chi connectivity index (χ4n) is 4.51. The number of nitrogens with one attached hydrogen (secondary N) is 1. The molecule has 1 atom stereocenters. The largest absolute Gasteiger partial charge is 0.468 e. The molecule has 1 aromatic heterocycles. The lowest BCUT2D eigenvalue weighted by atomic mass is 9.72. The van der Waals surface area contributed by atoms with Crippen molar-refractivity contribution in [1.29, 1.82) is 0 Å². The lowest BCUT2D eigenvalue weighted by molar-refractivity contribution is -0.157. The molecule has 23 heavy (non-hydrogen) atoms. The number of hydrogen-bond donors (Lipinski definition) is 1. The summed E-state index contributed by atoms with van der Waals surface area (Å²) in [5.74, 6) is 1.08. The van der Waals surface area contributed by atoms with Crippen LogP contribution in [0.3, 0.4) is 0 Å². The SMILES string of the molecule is COC(=O)C12CC(C1)C(C)N2Cc1nnc(C2CCNCC2)s1. The van der Waals surface area contributed by atoms with E-state index in [0.717, 1.165) is 55.3 Å². The Labute approximate surface area is 140 Å². The van der Waals surface area contributed by atoms with Crippen LogP contribution in [0.5, 0.6) is 0 Å². The van der Waals surface area contributed by atoms with Crippen LogP contribution in [0, 0.1) is 5.92 Å². The van der Waals surface area contributed by atoms with E-state index < -0.39 is 5.54 Å². The maximum Gasteiger partial charge on any atom is 0.326 e. The smallest absolute Gasteiger partial charge is 0.326 e. The van der Waals surface area contributed by atoms with Crippen molar-refractivity contribution in [1.82, 2.24) is 20.4 Å². The van der Waals surface area contributed by atoms with Gasteiger partial charge in [-0.3, -0.25) is 9.69 Å². The van der Waals surface area contributed by atoms with Gasteiger partial charge in [0.25, 0.3) is 0 Å². The van der Waals surface area contributed by atoms with Gasteiger partial charge in [-0.25, -0.2) is 0 Å². The van der Waals surface area contributed by atoms with E-state index in [1.54, 1.807) is 11.3 Å². The van der Waals surface area contributed by atoms with Crippen molar-refractivity contribution in [3.05, 3.63) is 10.0 Å². The van der Waals surface area contributed by atoms with Crippen molar-refractivity contribution in [2.45, 2.75) is 56.7 Å². The highest BCUT2D eigenvalue weighted by Crippen LogP contribution is 2.55. The highest BCUT2D eigenvalue weighted by Gasteiger charge is 2.65. The molecule has 6 nitrogen and oxygen atoms in total. The van der Waals surface area contributed by atoms with Gasteiger partial charge in [-0.15, -0.1) is 10.2 Å². The van der Waals surface area contributed by atoms with Gasteiger partial charge < -0.3 is 10.1 Å². The second-order valence-electron chi connectivity index (χ2n) is 7.12. The fraction of sp³-hybridized carbons (Fsp3) is 0.812. The van der Waals surface area contributed by atoms with Crippen molar-refractivity contribution in [3.63, 3.8) is 0 Å². The van der Waals surface area contributed by atoms with Crippen molar-refractivity contribution in [2.75, 3.05) is 20.2 Å². The molecular weight excluding hydrogens is 312 g/mol. The quantitative estimate of drug-likeness (QED) is 0.841. The summed E-state index contributed by atoms with van der Waals surface area (Å²) < 4.78 is 5.07. The van der Waals surface area contributed by atoms with Crippen LogP contribution >= 0.6 is 11.3 Å². The minimum atomic E-state index is -0.403. The van der Waals surface area contributed by atoms with Crippen molar-refractivity contribution >= 4 is 17.3 Å². The average Bonchev–Trinajstić information content (AvgIpc) is 3.18. The Morgan fingerprint density at radius 3 is 2.83 bits per heavy atom. The van der Waals surface area contributed by atoms with Crippen LogP contribution < -0.4 is 5.32 Å². The number of piperidine rings is 1. The van der Waals surface area contributed by atoms with Crippen molar-refractivity contribution in [3.8, 4) is 0 Å². The van der Waals surface area contributed by atoms with E-state index in [0.29, 0.717) is 17.9 Å². The molecule has 3 saturated heterocycles. The van der Waals surface area contributed by atoms with Gasteiger partial charge in [0.15, 0.2) is 0 Å². The van der Waals surface area contributed by atoms with E-state index in [1.807, 2.05) is 0 Å². The molecule has 1 N–H and O–H groups in total. The van der Waals surface area contributed by atoms with Gasteiger partial charge in [0.05, 0.1) is 13.7 Å². The van der Waals surface area contributed by atoms with E-state index in [9.17, 15) is 4.79 Å². The number of carbonyl (C=O) groups excluding carboxylic acids is 1. The normalized spacial score (nSPS) is 34.3. The van der Waals surface area contributed by atoms with Gasteiger partial charge in [-0.2, -0.15) is 0 Å². The number of hydrogen-bond acceptors (Lipinski definition) is 7. The molecule has 5 rings (SSSR count). The summed E-state index contributed by atoms with van der Waals surface area (Å²) in [4.78, 5) is 14.6. The second kappa shape index (κ2) is 5.79. The minimum Gasteiger partial charge on any atom is -0.468 e. The summed E-state index contributed by atoms with van der Waals surface area (Å²) in [5, 5.41) is 14.4. The third-order valence-electron chi connectivity index (χ3n) is 5.97. The van der Waals surface area contributed by atoms with Crippen LogP contribution in [0.4, 0.5) is 0 Å². The van der Waals surface area contributed by atoms with Crippen LogP contribution in [0.25, 0.3) is 0 Å². The third-order valence-corrected chi connectivity index (χ3v) is 7.04. The van der Waals surface area contributed by atoms with Crippen molar-refractivity contribution < 1.29 is 9.53 Å². The molecule has 3 aliphatic heterocycles. The number of nitrogens with zero attached hydrogens (tertiary/aromatic N) is 3. The zero-order valence-electron chi connectivity index (χ0n) is 13.7. The number of fused-ring (bicyclic) bond motifs is 1. The first-order chi connectivity index (χ1) is 11.1. The lowest BCUT2D eigenvalue weighted by Gasteiger charge is -2.38. The van der Waals surface area contributed by atoms with E-state index >= 15 is 0 Å². The number of methoxy groups -OCH3 is 1. The minimum absolute atomic E-state index is 0.0822. The highest BCUT2D eigenvalue weighted by molar-refractivity contribution is 7.11. The standard InChI is InChI=1S/C16H24N4O2S/c1-10-12-7-16(8-12,15(21)22-2)20(10)9-13-18-19-14(23-13)11-3-5-17-6-4-11/h10-12,17H,3-9H2,1-2H3. The van der Waals surface area contributed by atoms with Gasteiger partial charge in [0.2, 0.25) is 0 Å². The summed E-state index contributed by atoms with van der Waals surface area (Å²) in [5.41, 5.74) is -0.403. The first kappa shape index (κ1) is 15.5. The molecule has 1 aromatic rings. The molecule has 2 bridgehead atoms. The zero-order chi connectivity index (χ0) is 16.0. The molecule has 0 spiro atoms. The highest BCUT2D eigenvalue weighted by atomic mass is 32.1.